The van der Waals surface area contributed by atoms with Crippen molar-refractivity contribution in [2.24, 2.45) is 5.84 Å². The lowest BCUT2D eigenvalue weighted by molar-refractivity contribution is 0.616. The molecule has 108 valence electrons. The molecule has 1 unspecified atom stereocenters. The van der Waals surface area contributed by atoms with Crippen molar-refractivity contribution in [2.45, 2.75) is 39.8 Å². The zero-order valence-corrected chi connectivity index (χ0v) is 12.1. The molecule has 0 bridgehead atoms. The quantitative estimate of drug-likeness (QED) is 0.544. The molecule has 2 aromatic rings. The Labute approximate surface area is 118 Å². The van der Waals surface area contributed by atoms with Gasteiger partial charge in [0.2, 0.25) is 0 Å². The Hall–Kier alpha value is -2.15. The van der Waals surface area contributed by atoms with Gasteiger partial charge in [0.1, 0.15) is 17.5 Å². The zero-order valence-electron chi connectivity index (χ0n) is 12.1. The summed E-state index contributed by atoms with van der Waals surface area (Å²) < 4.78 is 2.02. The van der Waals surface area contributed by atoms with E-state index in [0.29, 0.717) is 5.82 Å². The van der Waals surface area contributed by atoms with E-state index in [1.165, 1.54) is 0 Å². The summed E-state index contributed by atoms with van der Waals surface area (Å²) in [6.45, 7) is 6.88. The highest BCUT2D eigenvalue weighted by Gasteiger charge is 2.12. The Kier molecular flexibility index (Phi) is 4.52. The number of rotatable bonds is 6. The standard InChI is InChI=1S/C13H21N7/c1-4-11-17-12(10(3)13(18-11)19-14)16-9(2)7-20-6-5-15-8-20/h5-6,8-9H,4,7,14H2,1-3H3,(H2,16,17,18,19). The number of aromatic nitrogens is 4. The number of aryl methyl sites for hydroxylation is 1. The second kappa shape index (κ2) is 6.33. The van der Waals surface area contributed by atoms with E-state index < -0.39 is 0 Å². The van der Waals surface area contributed by atoms with E-state index in [0.717, 1.165) is 30.2 Å². The summed E-state index contributed by atoms with van der Waals surface area (Å²) in [5.41, 5.74) is 3.54. The molecule has 0 amide bonds. The predicted octanol–water partition coefficient (Wildman–Crippen LogP) is 1.33. The molecular formula is C13H21N7. The Morgan fingerprint density at radius 1 is 1.35 bits per heavy atom. The molecule has 0 fully saturated rings. The molecule has 2 rings (SSSR count). The highest BCUT2D eigenvalue weighted by atomic mass is 15.3. The summed E-state index contributed by atoms with van der Waals surface area (Å²) in [4.78, 5) is 12.9. The molecule has 0 aliphatic heterocycles. The number of nitrogens with one attached hydrogen (secondary N) is 2. The maximum atomic E-state index is 5.50. The van der Waals surface area contributed by atoms with E-state index in [9.17, 15) is 0 Å². The normalized spacial score (nSPS) is 12.2. The van der Waals surface area contributed by atoms with Crippen molar-refractivity contribution in [3.8, 4) is 0 Å². The van der Waals surface area contributed by atoms with Crippen LogP contribution in [0, 0.1) is 6.92 Å². The fourth-order valence-corrected chi connectivity index (χ4v) is 1.99. The Morgan fingerprint density at radius 2 is 2.10 bits per heavy atom. The van der Waals surface area contributed by atoms with Gasteiger partial charge in [0.25, 0.3) is 0 Å². The fourth-order valence-electron chi connectivity index (χ4n) is 1.99. The molecule has 0 saturated carbocycles. The van der Waals surface area contributed by atoms with E-state index in [1.807, 2.05) is 24.6 Å². The number of anilines is 2. The van der Waals surface area contributed by atoms with Crippen LogP contribution in [0.1, 0.15) is 25.2 Å². The van der Waals surface area contributed by atoms with Gasteiger partial charge in [-0.1, -0.05) is 6.92 Å². The lowest BCUT2D eigenvalue weighted by Crippen LogP contribution is -2.24. The second-order valence-electron chi connectivity index (χ2n) is 4.76. The second-order valence-corrected chi connectivity index (χ2v) is 4.76. The maximum Gasteiger partial charge on any atom is 0.148 e. The van der Waals surface area contributed by atoms with Gasteiger partial charge in [-0.15, -0.1) is 0 Å². The molecule has 2 aromatic heterocycles. The fraction of sp³-hybridized carbons (Fsp3) is 0.462. The number of nitrogen functional groups attached to an aromatic ring is 1. The Balaban J connectivity index is 2.15. The lowest BCUT2D eigenvalue weighted by atomic mass is 10.2. The van der Waals surface area contributed by atoms with Gasteiger partial charge in [-0.25, -0.2) is 20.8 Å². The van der Waals surface area contributed by atoms with Gasteiger partial charge in [0, 0.05) is 37.0 Å². The molecule has 0 radical (unpaired) electrons. The van der Waals surface area contributed by atoms with Crippen LogP contribution < -0.4 is 16.6 Å². The van der Waals surface area contributed by atoms with Gasteiger partial charge >= 0.3 is 0 Å². The molecule has 1 atom stereocenters. The van der Waals surface area contributed by atoms with E-state index in [2.05, 4.69) is 32.6 Å². The summed E-state index contributed by atoms with van der Waals surface area (Å²) in [6, 6.07) is 0.216. The van der Waals surface area contributed by atoms with Crippen LogP contribution in [0.5, 0.6) is 0 Å². The number of imidazole rings is 1. The molecule has 0 spiro atoms. The minimum Gasteiger partial charge on any atom is -0.365 e. The molecule has 4 N–H and O–H groups in total. The Bertz CT molecular complexity index is 550. The molecule has 0 aliphatic rings. The van der Waals surface area contributed by atoms with Gasteiger partial charge in [0.15, 0.2) is 0 Å². The van der Waals surface area contributed by atoms with Crippen LogP contribution in [0.3, 0.4) is 0 Å². The van der Waals surface area contributed by atoms with Crippen molar-refractivity contribution in [3.05, 3.63) is 30.1 Å². The molecule has 0 saturated heterocycles. The largest absolute Gasteiger partial charge is 0.365 e. The van der Waals surface area contributed by atoms with Crippen LogP contribution in [0.25, 0.3) is 0 Å². The number of hydrazine groups is 1. The first-order valence-corrected chi connectivity index (χ1v) is 6.70. The SMILES string of the molecule is CCc1nc(NN)c(C)c(NC(C)Cn2ccnc2)n1. The van der Waals surface area contributed by atoms with Gasteiger partial charge in [0.05, 0.1) is 6.33 Å². The summed E-state index contributed by atoms with van der Waals surface area (Å²) in [5, 5.41) is 3.40. The van der Waals surface area contributed by atoms with Crippen molar-refractivity contribution < 1.29 is 0 Å². The first-order chi connectivity index (χ1) is 9.63. The summed E-state index contributed by atoms with van der Waals surface area (Å²) >= 11 is 0. The monoisotopic (exact) mass is 275 g/mol. The topological polar surface area (TPSA) is 93.7 Å². The zero-order chi connectivity index (χ0) is 14.5. The van der Waals surface area contributed by atoms with Gasteiger partial charge in [-0.2, -0.15) is 0 Å². The van der Waals surface area contributed by atoms with Gasteiger partial charge in [-0.05, 0) is 13.8 Å². The van der Waals surface area contributed by atoms with Gasteiger partial charge in [-0.3, -0.25) is 0 Å². The van der Waals surface area contributed by atoms with E-state index in [4.69, 9.17) is 5.84 Å². The smallest absolute Gasteiger partial charge is 0.148 e. The van der Waals surface area contributed by atoms with Crippen molar-refractivity contribution in [1.82, 2.24) is 19.5 Å². The molecular weight excluding hydrogens is 254 g/mol. The highest BCUT2D eigenvalue weighted by molar-refractivity contribution is 5.57. The molecule has 0 aromatic carbocycles. The van der Waals surface area contributed by atoms with Crippen LogP contribution in [-0.2, 0) is 13.0 Å². The van der Waals surface area contributed by atoms with Crippen LogP contribution in [-0.4, -0.2) is 25.6 Å². The number of nitrogens with two attached hydrogens (primary N) is 1. The average molecular weight is 275 g/mol. The van der Waals surface area contributed by atoms with E-state index in [-0.39, 0.29) is 6.04 Å². The third kappa shape index (κ3) is 3.24. The Morgan fingerprint density at radius 3 is 2.70 bits per heavy atom. The number of hydrogen-bond donors (Lipinski definition) is 3. The van der Waals surface area contributed by atoms with Crippen molar-refractivity contribution in [3.63, 3.8) is 0 Å². The molecule has 0 aliphatic carbocycles. The molecule has 7 heteroatoms. The molecule has 20 heavy (non-hydrogen) atoms. The van der Waals surface area contributed by atoms with Gasteiger partial charge < -0.3 is 15.3 Å². The third-order valence-electron chi connectivity index (χ3n) is 3.07. The van der Waals surface area contributed by atoms with Crippen molar-refractivity contribution >= 4 is 11.6 Å². The summed E-state index contributed by atoms with van der Waals surface area (Å²) in [6.07, 6.45) is 6.28. The predicted molar refractivity (Wildman–Crippen MR) is 79.3 cm³/mol. The first kappa shape index (κ1) is 14.3. The van der Waals surface area contributed by atoms with E-state index >= 15 is 0 Å². The summed E-state index contributed by atoms with van der Waals surface area (Å²) in [7, 11) is 0. The molecule has 2 heterocycles. The van der Waals surface area contributed by atoms with Crippen LogP contribution in [0.2, 0.25) is 0 Å². The number of hydrogen-bond acceptors (Lipinski definition) is 6. The average Bonchev–Trinajstić information content (AvgIpc) is 2.93. The number of nitrogens with zero attached hydrogens (tertiary/aromatic N) is 4. The first-order valence-electron chi connectivity index (χ1n) is 6.70. The maximum absolute atomic E-state index is 5.50. The van der Waals surface area contributed by atoms with E-state index in [1.54, 1.807) is 12.5 Å². The summed E-state index contributed by atoms with van der Waals surface area (Å²) in [5.74, 6) is 7.75. The third-order valence-corrected chi connectivity index (χ3v) is 3.07. The highest BCUT2D eigenvalue weighted by Crippen LogP contribution is 2.20. The minimum atomic E-state index is 0.216. The van der Waals surface area contributed by atoms with Crippen LogP contribution in [0.4, 0.5) is 11.6 Å². The minimum absolute atomic E-state index is 0.216. The molecule has 7 nitrogen and oxygen atoms in total. The van der Waals surface area contributed by atoms with Crippen LogP contribution >= 0.6 is 0 Å². The van der Waals surface area contributed by atoms with Crippen molar-refractivity contribution in [1.29, 1.82) is 0 Å². The van der Waals surface area contributed by atoms with Crippen molar-refractivity contribution in [2.75, 3.05) is 10.7 Å². The lowest BCUT2D eigenvalue weighted by Gasteiger charge is -2.18. The van der Waals surface area contributed by atoms with Crippen LogP contribution in [0.15, 0.2) is 18.7 Å².